The first-order valence-corrected chi connectivity index (χ1v) is 11.9. The lowest BCUT2D eigenvalue weighted by molar-refractivity contribution is -0.00523. The van der Waals surface area contributed by atoms with Gasteiger partial charge in [0.2, 0.25) is 0 Å². The highest BCUT2D eigenvalue weighted by atomic mass is 35.5. The van der Waals surface area contributed by atoms with Gasteiger partial charge in [0, 0.05) is 47.5 Å². The minimum atomic E-state index is -0.1000. The number of H-pyrrole nitrogens is 1. The van der Waals surface area contributed by atoms with Crippen molar-refractivity contribution in [3.8, 4) is 11.8 Å². The van der Waals surface area contributed by atoms with Crippen LogP contribution < -0.4 is 10.2 Å². The van der Waals surface area contributed by atoms with E-state index in [9.17, 15) is 4.79 Å². The van der Waals surface area contributed by atoms with E-state index in [1.165, 1.54) is 0 Å². The minimum absolute atomic E-state index is 0.1000. The van der Waals surface area contributed by atoms with Crippen LogP contribution in [0.1, 0.15) is 47.3 Å². The number of amides is 1. The first kappa shape index (κ1) is 23.9. The first-order valence-electron chi connectivity index (χ1n) is 11.6. The van der Waals surface area contributed by atoms with Gasteiger partial charge in [-0.3, -0.25) is 9.89 Å². The van der Waals surface area contributed by atoms with E-state index in [2.05, 4.69) is 46.1 Å². The number of aromatic nitrogens is 2. The minimum Gasteiger partial charge on any atom is -0.372 e. The summed E-state index contributed by atoms with van der Waals surface area (Å²) in [6.45, 7) is 6.30. The topological polar surface area (TPSA) is 70.2 Å². The van der Waals surface area contributed by atoms with Gasteiger partial charge < -0.3 is 15.0 Å². The van der Waals surface area contributed by atoms with E-state index in [-0.39, 0.29) is 18.1 Å². The summed E-state index contributed by atoms with van der Waals surface area (Å²) in [7, 11) is 0. The van der Waals surface area contributed by atoms with Gasteiger partial charge in [0.25, 0.3) is 5.91 Å². The summed E-state index contributed by atoms with van der Waals surface area (Å²) in [6.07, 6.45) is 5.63. The molecule has 34 heavy (non-hydrogen) atoms. The molecule has 2 heterocycles. The maximum atomic E-state index is 12.8. The van der Waals surface area contributed by atoms with Crippen LogP contribution in [-0.4, -0.2) is 47.9 Å². The molecule has 0 bridgehead atoms. The van der Waals surface area contributed by atoms with Crippen LogP contribution in [0, 0.1) is 11.8 Å². The van der Waals surface area contributed by atoms with Gasteiger partial charge in [0.05, 0.1) is 24.1 Å². The maximum absolute atomic E-state index is 12.8. The number of hydrogen-bond donors (Lipinski definition) is 2. The number of anilines is 1. The van der Waals surface area contributed by atoms with Crippen molar-refractivity contribution < 1.29 is 9.53 Å². The lowest BCUT2D eigenvalue weighted by Gasteiger charge is -2.37. The summed E-state index contributed by atoms with van der Waals surface area (Å²) >= 11 is 6.00. The Kier molecular flexibility index (Phi) is 7.89. The second kappa shape index (κ2) is 11.2. The van der Waals surface area contributed by atoms with E-state index in [1.54, 1.807) is 6.20 Å². The van der Waals surface area contributed by atoms with Gasteiger partial charge in [-0.15, -0.1) is 0 Å². The number of nitrogens with zero attached hydrogens (tertiary/aromatic N) is 2. The fourth-order valence-electron chi connectivity index (χ4n) is 4.11. The van der Waals surface area contributed by atoms with E-state index in [4.69, 9.17) is 16.3 Å². The molecule has 2 unspecified atom stereocenters. The number of benzene rings is 2. The Hall–Kier alpha value is -3.27. The van der Waals surface area contributed by atoms with Crippen molar-refractivity contribution in [1.29, 1.82) is 0 Å². The van der Waals surface area contributed by atoms with Crippen LogP contribution in [-0.2, 0) is 11.2 Å². The molecular weight excluding hydrogens is 448 g/mol. The van der Waals surface area contributed by atoms with Crippen LogP contribution in [0.4, 0.5) is 5.69 Å². The predicted octanol–water partition coefficient (Wildman–Crippen LogP) is 4.44. The second-order valence-corrected chi connectivity index (χ2v) is 9.05. The number of nitrogens with one attached hydrogen (secondary N) is 2. The molecule has 6 nitrogen and oxygen atoms in total. The first-order chi connectivity index (χ1) is 16.5. The summed E-state index contributed by atoms with van der Waals surface area (Å²) < 4.78 is 5.90. The molecule has 176 valence electrons. The van der Waals surface area contributed by atoms with Gasteiger partial charge in [-0.05, 0) is 74.7 Å². The number of hydrogen-bond acceptors (Lipinski definition) is 4. The predicted molar refractivity (Wildman–Crippen MR) is 135 cm³/mol. The zero-order valence-corrected chi connectivity index (χ0v) is 20.2. The van der Waals surface area contributed by atoms with Crippen LogP contribution >= 0.6 is 11.6 Å². The molecule has 0 spiro atoms. The molecule has 0 saturated carbocycles. The lowest BCUT2D eigenvalue weighted by Crippen LogP contribution is -2.45. The Balaban J connectivity index is 1.53. The van der Waals surface area contributed by atoms with Crippen LogP contribution in [0.3, 0.4) is 0 Å². The quantitative estimate of drug-likeness (QED) is 0.407. The highest BCUT2D eigenvalue weighted by Crippen LogP contribution is 2.25. The summed E-state index contributed by atoms with van der Waals surface area (Å²) in [5, 5.41) is 10.4. The molecular formula is C27H29ClN4O2. The molecule has 1 aliphatic heterocycles. The molecule has 1 amide bonds. The normalized spacial score (nSPS) is 17.7. The molecule has 4 rings (SSSR count). The SMILES string of the molecule is CC1CN(c2ccc(C(=O)NCCCc3cn[nH]c3)cc2C#Cc2ccc(Cl)cc2)CC(C)O1. The molecule has 1 fully saturated rings. The average molecular weight is 477 g/mol. The van der Waals surface area contributed by atoms with Gasteiger partial charge in [0.15, 0.2) is 0 Å². The van der Waals surface area contributed by atoms with Crippen molar-refractivity contribution in [2.45, 2.75) is 38.9 Å². The molecule has 1 aromatic heterocycles. The summed E-state index contributed by atoms with van der Waals surface area (Å²) in [5.41, 5.74) is 4.43. The summed E-state index contributed by atoms with van der Waals surface area (Å²) in [5.74, 6) is 6.41. The van der Waals surface area contributed by atoms with Crippen molar-refractivity contribution in [2.75, 3.05) is 24.5 Å². The number of ether oxygens (including phenoxy) is 1. The molecule has 2 aromatic carbocycles. The van der Waals surface area contributed by atoms with E-state index in [1.807, 2.05) is 48.7 Å². The zero-order chi connectivity index (χ0) is 23.9. The largest absolute Gasteiger partial charge is 0.372 e. The fraction of sp³-hybridized carbons (Fsp3) is 0.333. The molecule has 2 N–H and O–H groups in total. The molecule has 0 aliphatic carbocycles. The molecule has 1 saturated heterocycles. The van der Waals surface area contributed by atoms with Crippen molar-refractivity contribution in [2.24, 2.45) is 0 Å². The number of carbonyl (C=O) groups excluding carboxylic acids is 1. The highest BCUT2D eigenvalue weighted by molar-refractivity contribution is 6.30. The smallest absolute Gasteiger partial charge is 0.251 e. The standard InChI is InChI=1S/C27H29ClN4O2/c1-19-17-32(18-20(2)34-19)26-12-9-24(27(33)29-13-3-4-22-15-30-31-16-22)14-23(26)8-5-21-6-10-25(28)11-7-21/h6-7,9-12,14-16,19-20H,3-4,13,17-18H2,1-2H3,(H,29,33)(H,30,31). The fourth-order valence-corrected chi connectivity index (χ4v) is 4.24. The van der Waals surface area contributed by atoms with Crippen LogP contribution in [0.5, 0.6) is 0 Å². The van der Waals surface area contributed by atoms with Crippen molar-refractivity contribution >= 4 is 23.2 Å². The molecule has 0 radical (unpaired) electrons. The average Bonchev–Trinajstić information content (AvgIpc) is 3.34. The molecule has 3 aromatic rings. The Labute approximate surface area is 205 Å². The van der Waals surface area contributed by atoms with Crippen LogP contribution in [0.2, 0.25) is 5.02 Å². The van der Waals surface area contributed by atoms with Crippen molar-refractivity contribution in [3.05, 3.63) is 82.1 Å². The number of aryl methyl sites for hydroxylation is 1. The maximum Gasteiger partial charge on any atom is 0.251 e. The van der Waals surface area contributed by atoms with Gasteiger partial charge in [0.1, 0.15) is 0 Å². The van der Waals surface area contributed by atoms with E-state index in [0.717, 1.165) is 48.3 Å². The number of carbonyl (C=O) groups is 1. The lowest BCUT2D eigenvalue weighted by atomic mass is 10.0. The van der Waals surface area contributed by atoms with Crippen molar-refractivity contribution in [1.82, 2.24) is 15.5 Å². The number of morpholine rings is 1. The van der Waals surface area contributed by atoms with Gasteiger partial charge in [-0.25, -0.2) is 0 Å². The Morgan fingerprint density at radius 2 is 1.94 bits per heavy atom. The Morgan fingerprint density at radius 3 is 2.65 bits per heavy atom. The van der Waals surface area contributed by atoms with E-state index in [0.29, 0.717) is 17.1 Å². The van der Waals surface area contributed by atoms with E-state index >= 15 is 0 Å². The number of halogens is 1. The number of rotatable bonds is 6. The highest BCUT2D eigenvalue weighted by Gasteiger charge is 2.24. The van der Waals surface area contributed by atoms with Gasteiger partial charge in [-0.1, -0.05) is 23.4 Å². The zero-order valence-electron chi connectivity index (χ0n) is 19.5. The summed E-state index contributed by atoms with van der Waals surface area (Å²) in [6, 6.07) is 13.2. The monoisotopic (exact) mass is 476 g/mol. The third-order valence-electron chi connectivity index (χ3n) is 5.69. The summed E-state index contributed by atoms with van der Waals surface area (Å²) in [4.78, 5) is 15.1. The van der Waals surface area contributed by atoms with Crippen molar-refractivity contribution in [3.63, 3.8) is 0 Å². The second-order valence-electron chi connectivity index (χ2n) is 8.62. The van der Waals surface area contributed by atoms with E-state index < -0.39 is 0 Å². The number of aromatic amines is 1. The Bertz CT molecular complexity index is 1160. The molecule has 2 atom stereocenters. The molecule has 7 heteroatoms. The van der Waals surface area contributed by atoms with Crippen LogP contribution in [0.25, 0.3) is 0 Å². The molecule has 1 aliphatic rings. The van der Waals surface area contributed by atoms with Gasteiger partial charge >= 0.3 is 0 Å². The van der Waals surface area contributed by atoms with Crippen LogP contribution in [0.15, 0.2) is 54.9 Å². The third-order valence-corrected chi connectivity index (χ3v) is 5.94. The Morgan fingerprint density at radius 1 is 1.18 bits per heavy atom. The van der Waals surface area contributed by atoms with Gasteiger partial charge in [-0.2, -0.15) is 5.10 Å². The third kappa shape index (κ3) is 6.40.